The number of nitriles is 1. The molecule has 0 aliphatic heterocycles. The maximum Gasteiger partial charge on any atom is 0.262 e. The quantitative estimate of drug-likeness (QED) is 0.868. The number of halogens is 1. The second-order valence-electron chi connectivity index (χ2n) is 4.64. The summed E-state index contributed by atoms with van der Waals surface area (Å²) in [6, 6.07) is 11.9. The van der Waals surface area contributed by atoms with Gasteiger partial charge in [0.15, 0.2) is 18.1 Å². The van der Waals surface area contributed by atoms with Crippen molar-refractivity contribution in [1.82, 2.24) is 0 Å². The van der Waals surface area contributed by atoms with E-state index in [2.05, 4.69) is 5.32 Å². The van der Waals surface area contributed by atoms with E-state index in [1.807, 2.05) is 6.07 Å². The molecule has 2 aromatic rings. The normalized spacial score (nSPS) is 9.75. The Morgan fingerprint density at radius 3 is 2.58 bits per heavy atom. The summed E-state index contributed by atoms with van der Waals surface area (Å²) >= 11 is 6.08. The highest BCUT2D eigenvalue weighted by Crippen LogP contribution is 2.36. The summed E-state index contributed by atoms with van der Waals surface area (Å²) in [5.74, 6) is 0.638. The summed E-state index contributed by atoms with van der Waals surface area (Å²) in [6.45, 7) is -0.278. The van der Waals surface area contributed by atoms with Gasteiger partial charge in [0.1, 0.15) is 5.75 Å². The highest BCUT2D eigenvalue weighted by atomic mass is 35.5. The minimum absolute atomic E-state index is 0.191. The molecular formula is C17H15ClN2O4. The fourth-order valence-electron chi connectivity index (χ4n) is 2.00. The molecule has 1 amide bonds. The Morgan fingerprint density at radius 1 is 1.21 bits per heavy atom. The van der Waals surface area contributed by atoms with E-state index in [0.717, 1.165) is 0 Å². The highest BCUT2D eigenvalue weighted by molar-refractivity contribution is 6.32. The van der Waals surface area contributed by atoms with Gasteiger partial charge in [0.2, 0.25) is 0 Å². The molecule has 1 N–H and O–H groups in total. The molecule has 0 aliphatic rings. The van der Waals surface area contributed by atoms with E-state index in [9.17, 15) is 4.79 Å². The van der Waals surface area contributed by atoms with Crippen molar-refractivity contribution in [3.8, 4) is 23.3 Å². The van der Waals surface area contributed by atoms with Crippen LogP contribution in [0.4, 0.5) is 5.69 Å². The summed E-state index contributed by atoms with van der Waals surface area (Å²) in [5, 5.41) is 11.8. The zero-order chi connectivity index (χ0) is 17.5. The summed E-state index contributed by atoms with van der Waals surface area (Å²) in [4.78, 5) is 12.1. The summed E-state index contributed by atoms with van der Waals surface area (Å²) in [5.41, 5.74) is 0.870. The molecule has 124 valence electrons. The number of carbonyl (C=O) groups excluding carboxylic acids is 1. The van der Waals surface area contributed by atoms with Gasteiger partial charge in [-0.1, -0.05) is 23.7 Å². The fourth-order valence-corrected chi connectivity index (χ4v) is 2.26. The average Bonchev–Trinajstić information content (AvgIpc) is 2.60. The molecule has 0 spiro atoms. The van der Waals surface area contributed by atoms with Gasteiger partial charge in [-0.2, -0.15) is 5.26 Å². The van der Waals surface area contributed by atoms with Crippen molar-refractivity contribution in [2.24, 2.45) is 0 Å². The SMILES string of the molecule is COc1ccccc1NC(=O)COc1c(Cl)cc(C#N)cc1OC. The lowest BCUT2D eigenvalue weighted by Gasteiger charge is -2.13. The molecule has 0 fully saturated rings. The number of rotatable bonds is 6. The van der Waals surface area contributed by atoms with E-state index in [1.54, 1.807) is 24.3 Å². The van der Waals surface area contributed by atoms with Crippen LogP contribution >= 0.6 is 11.6 Å². The van der Waals surface area contributed by atoms with Gasteiger partial charge >= 0.3 is 0 Å². The second kappa shape index (κ2) is 8.09. The number of nitrogens with zero attached hydrogens (tertiary/aromatic N) is 1. The topological polar surface area (TPSA) is 80.6 Å². The largest absolute Gasteiger partial charge is 0.495 e. The number of para-hydroxylation sites is 2. The van der Waals surface area contributed by atoms with Crippen LogP contribution in [0.1, 0.15) is 5.56 Å². The number of anilines is 1. The molecule has 0 aliphatic carbocycles. The van der Waals surface area contributed by atoms with E-state index in [0.29, 0.717) is 17.0 Å². The Bertz CT molecular complexity index is 787. The minimum Gasteiger partial charge on any atom is -0.495 e. The van der Waals surface area contributed by atoms with Crippen LogP contribution in [0.25, 0.3) is 0 Å². The lowest BCUT2D eigenvalue weighted by molar-refractivity contribution is -0.118. The number of nitrogens with one attached hydrogen (secondary N) is 1. The Labute approximate surface area is 144 Å². The predicted octanol–water partition coefficient (Wildman–Crippen LogP) is 3.25. The third kappa shape index (κ3) is 4.09. The molecule has 0 bridgehead atoms. The third-order valence-electron chi connectivity index (χ3n) is 3.09. The van der Waals surface area contributed by atoms with Crippen LogP contribution in [0.3, 0.4) is 0 Å². The lowest BCUT2D eigenvalue weighted by atomic mass is 10.2. The molecule has 24 heavy (non-hydrogen) atoms. The first-order valence-corrected chi connectivity index (χ1v) is 7.30. The fraction of sp³-hybridized carbons (Fsp3) is 0.176. The maximum atomic E-state index is 12.1. The number of amides is 1. The van der Waals surface area contributed by atoms with Crippen LogP contribution in [0, 0.1) is 11.3 Å². The molecular weight excluding hydrogens is 332 g/mol. The molecule has 0 unspecified atom stereocenters. The van der Waals surface area contributed by atoms with Crippen molar-refractivity contribution in [2.75, 3.05) is 26.1 Å². The number of methoxy groups -OCH3 is 2. The number of hydrogen-bond donors (Lipinski definition) is 1. The molecule has 2 rings (SSSR count). The number of benzene rings is 2. The standard InChI is InChI=1S/C17H15ClN2O4/c1-22-14-6-4-3-5-13(14)20-16(21)10-24-17-12(18)7-11(9-19)8-15(17)23-2/h3-8H,10H2,1-2H3,(H,20,21). The van der Waals surface area contributed by atoms with Crippen molar-refractivity contribution in [3.05, 3.63) is 47.0 Å². The van der Waals surface area contributed by atoms with Crippen LogP contribution in [0.15, 0.2) is 36.4 Å². The van der Waals surface area contributed by atoms with Gasteiger partial charge < -0.3 is 19.5 Å². The van der Waals surface area contributed by atoms with E-state index in [1.165, 1.54) is 26.4 Å². The van der Waals surface area contributed by atoms with Gasteiger partial charge in [-0.3, -0.25) is 4.79 Å². The number of hydrogen-bond acceptors (Lipinski definition) is 5. The Kier molecular flexibility index (Phi) is 5.88. The van der Waals surface area contributed by atoms with Gasteiger partial charge in [0.25, 0.3) is 5.91 Å². The monoisotopic (exact) mass is 346 g/mol. The first kappa shape index (κ1) is 17.4. The first-order valence-electron chi connectivity index (χ1n) is 6.92. The zero-order valence-corrected chi connectivity index (χ0v) is 13.9. The van der Waals surface area contributed by atoms with Gasteiger partial charge in [-0.15, -0.1) is 0 Å². The van der Waals surface area contributed by atoms with Gasteiger partial charge in [-0.25, -0.2) is 0 Å². The number of ether oxygens (including phenoxy) is 3. The van der Waals surface area contributed by atoms with Gasteiger partial charge in [-0.05, 0) is 18.2 Å². The van der Waals surface area contributed by atoms with Gasteiger partial charge in [0, 0.05) is 6.07 Å². The Hall–Kier alpha value is -2.91. The summed E-state index contributed by atoms with van der Waals surface area (Å²) < 4.78 is 15.8. The lowest BCUT2D eigenvalue weighted by Crippen LogP contribution is -2.20. The molecule has 0 heterocycles. The van der Waals surface area contributed by atoms with E-state index in [-0.39, 0.29) is 29.0 Å². The smallest absolute Gasteiger partial charge is 0.262 e. The number of carbonyl (C=O) groups is 1. The van der Waals surface area contributed by atoms with Gasteiger partial charge in [0.05, 0.1) is 36.6 Å². The van der Waals surface area contributed by atoms with Crippen molar-refractivity contribution in [1.29, 1.82) is 5.26 Å². The maximum absolute atomic E-state index is 12.1. The van der Waals surface area contributed by atoms with Crippen molar-refractivity contribution >= 4 is 23.2 Å². The molecule has 2 aromatic carbocycles. The molecule has 0 radical (unpaired) electrons. The minimum atomic E-state index is -0.387. The molecule has 6 nitrogen and oxygen atoms in total. The average molecular weight is 347 g/mol. The third-order valence-corrected chi connectivity index (χ3v) is 3.37. The van der Waals surface area contributed by atoms with Crippen LogP contribution < -0.4 is 19.5 Å². The summed E-state index contributed by atoms with van der Waals surface area (Å²) in [7, 11) is 2.94. The summed E-state index contributed by atoms with van der Waals surface area (Å²) in [6.07, 6.45) is 0. The Morgan fingerprint density at radius 2 is 1.92 bits per heavy atom. The van der Waals surface area contributed by atoms with Crippen molar-refractivity contribution in [2.45, 2.75) is 0 Å². The Balaban J connectivity index is 2.08. The highest BCUT2D eigenvalue weighted by Gasteiger charge is 2.14. The second-order valence-corrected chi connectivity index (χ2v) is 5.05. The molecule has 0 saturated heterocycles. The zero-order valence-electron chi connectivity index (χ0n) is 13.1. The van der Waals surface area contributed by atoms with E-state index >= 15 is 0 Å². The van der Waals surface area contributed by atoms with E-state index in [4.69, 9.17) is 31.1 Å². The molecule has 0 atom stereocenters. The predicted molar refractivity (Wildman–Crippen MR) is 89.8 cm³/mol. The first-order chi connectivity index (χ1) is 11.6. The van der Waals surface area contributed by atoms with Crippen LogP contribution in [0.2, 0.25) is 5.02 Å². The van der Waals surface area contributed by atoms with Crippen LogP contribution in [0.5, 0.6) is 17.2 Å². The van der Waals surface area contributed by atoms with Crippen molar-refractivity contribution in [3.63, 3.8) is 0 Å². The molecule has 0 saturated carbocycles. The molecule has 7 heteroatoms. The van der Waals surface area contributed by atoms with Crippen LogP contribution in [-0.2, 0) is 4.79 Å². The van der Waals surface area contributed by atoms with E-state index < -0.39 is 0 Å². The van der Waals surface area contributed by atoms with Crippen LogP contribution in [-0.4, -0.2) is 26.7 Å². The molecule has 0 aromatic heterocycles. The van der Waals surface area contributed by atoms with Crippen molar-refractivity contribution < 1.29 is 19.0 Å².